The molecule has 3 aromatic rings. The van der Waals surface area contributed by atoms with Crippen molar-refractivity contribution in [3.05, 3.63) is 54.4 Å². The molecule has 1 aromatic heterocycles. The average Bonchev–Trinajstić information content (AvgIpc) is 3.08. The Morgan fingerprint density at radius 2 is 1.58 bits per heavy atom. The molecule has 6 heteroatoms. The predicted molar refractivity (Wildman–Crippen MR) is 123 cm³/mol. The maximum Gasteiger partial charge on any atom is 0.242 e. The maximum absolute atomic E-state index is 13.3. The quantitative estimate of drug-likeness (QED) is 0.472. The number of amides is 1. The lowest BCUT2D eigenvalue weighted by atomic mass is 10.1. The molecule has 1 amide bonds. The molecule has 1 heterocycles. The van der Waals surface area contributed by atoms with E-state index in [4.69, 9.17) is 14.5 Å². The van der Waals surface area contributed by atoms with E-state index in [0.717, 1.165) is 29.9 Å². The highest BCUT2D eigenvalue weighted by molar-refractivity contribution is 5.81. The summed E-state index contributed by atoms with van der Waals surface area (Å²) in [4.78, 5) is 20.0. The molecule has 2 aromatic carbocycles. The molecule has 0 fully saturated rings. The van der Waals surface area contributed by atoms with Crippen LogP contribution in [0.2, 0.25) is 0 Å². The summed E-state index contributed by atoms with van der Waals surface area (Å²) < 4.78 is 13.4. The average molecular weight is 424 g/mol. The summed E-state index contributed by atoms with van der Waals surface area (Å²) in [6, 6.07) is 15.4. The van der Waals surface area contributed by atoms with Gasteiger partial charge in [-0.25, -0.2) is 4.98 Å². The topological polar surface area (TPSA) is 56.6 Å². The van der Waals surface area contributed by atoms with Crippen LogP contribution in [-0.4, -0.2) is 40.6 Å². The molecule has 0 saturated heterocycles. The Bertz CT molecular complexity index is 1000. The fraction of sp³-hybridized carbons (Fsp3) is 0.440. The first-order chi connectivity index (χ1) is 14.9. The standard InChI is InChI=1S/C25H33N3O3/c1-18(2)14-27(15-19(3)4)25(29)16-28-21-11-7-6-10-20(21)26-24(28)17-31-23-13-9-8-12-22(23)30-5/h6-13,18-19H,14-17H2,1-5H3. The molecular formula is C25H33N3O3. The molecule has 6 nitrogen and oxygen atoms in total. The number of ether oxygens (including phenoxy) is 2. The number of imidazole rings is 1. The molecule has 166 valence electrons. The third-order valence-corrected chi connectivity index (χ3v) is 4.98. The minimum Gasteiger partial charge on any atom is -0.493 e. The molecule has 0 aliphatic carbocycles. The van der Waals surface area contributed by atoms with Crippen LogP contribution < -0.4 is 9.47 Å². The molecule has 0 N–H and O–H groups in total. The lowest BCUT2D eigenvalue weighted by Crippen LogP contribution is -2.39. The van der Waals surface area contributed by atoms with Gasteiger partial charge in [0, 0.05) is 13.1 Å². The third-order valence-electron chi connectivity index (χ3n) is 4.98. The van der Waals surface area contributed by atoms with E-state index in [1.54, 1.807) is 7.11 Å². The van der Waals surface area contributed by atoms with Crippen molar-refractivity contribution in [2.75, 3.05) is 20.2 Å². The number of hydrogen-bond acceptors (Lipinski definition) is 4. The zero-order chi connectivity index (χ0) is 22.4. The molecule has 0 radical (unpaired) electrons. The summed E-state index contributed by atoms with van der Waals surface area (Å²) >= 11 is 0. The van der Waals surface area contributed by atoms with Gasteiger partial charge in [0.15, 0.2) is 11.5 Å². The summed E-state index contributed by atoms with van der Waals surface area (Å²) in [5, 5.41) is 0. The van der Waals surface area contributed by atoms with Gasteiger partial charge in [0.25, 0.3) is 0 Å². The van der Waals surface area contributed by atoms with E-state index in [0.29, 0.717) is 23.3 Å². The van der Waals surface area contributed by atoms with Crippen LogP contribution in [0.15, 0.2) is 48.5 Å². The van der Waals surface area contributed by atoms with Crippen LogP contribution in [0.25, 0.3) is 11.0 Å². The second-order valence-corrected chi connectivity index (χ2v) is 8.63. The van der Waals surface area contributed by atoms with Crippen LogP contribution in [0.3, 0.4) is 0 Å². The van der Waals surface area contributed by atoms with Crippen molar-refractivity contribution in [2.24, 2.45) is 11.8 Å². The molecule has 0 aliphatic rings. The van der Waals surface area contributed by atoms with E-state index in [2.05, 4.69) is 27.7 Å². The van der Waals surface area contributed by atoms with Gasteiger partial charge in [0.1, 0.15) is 19.0 Å². The Hall–Kier alpha value is -3.02. The van der Waals surface area contributed by atoms with Gasteiger partial charge in [-0.1, -0.05) is 52.0 Å². The van der Waals surface area contributed by atoms with E-state index in [-0.39, 0.29) is 19.1 Å². The summed E-state index contributed by atoms with van der Waals surface area (Å²) in [6.45, 7) is 10.5. The summed E-state index contributed by atoms with van der Waals surface area (Å²) in [7, 11) is 1.62. The monoisotopic (exact) mass is 423 g/mol. The zero-order valence-electron chi connectivity index (χ0n) is 19.2. The van der Waals surface area contributed by atoms with Gasteiger partial charge in [0.05, 0.1) is 18.1 Å². The van der Waals surface area contributed by atoms with E-state index in [9.17, 15) is 4.79 Å². The summed E-state index contributed by atoms with van der Waals surface area (Å²) in [6.07, 6.45) is 0. The smallest absolute Gasteiger partial charge is 0.242 e. The first kappa shape index (κ1) is 22.7. The Morgan fingerprint density at radius 1 is 0.968 bits per heavy atom. The van der Waals surface area contributed by atoms with E-state index < -0.39 is 0 Å². The highest BCUT2D eigenvalue weighted by Crippen LogP contribution is 2.27. The van der Waals surface area contributed by atoms with Crippen LogP contribution in [-0.2, 0) is 17.9 Å². The second kappa shape index (κ2) is 10.3. The van der Waals surface area contributed by atoms with Gasteiger partial charge in [-0.2, -0.15) is 0 Å². The number of carbonyl (C=O) groups is 1. The number of aromatic nitrogens is 2. The van der Waals surface area contributed by atoms with Crippen LogP contribution >= 0.6 is 0 Å². The fourth-order valence-corrected chi connectivity index (χ4v) is 3.69. The van der Waals surface area contributed by atoms with E-state index >= 15 is 0 Å². The molecular weight excluding hydrogens is 390 g/mol. The van der Waals surface area contributed by atoms with Gasteiger partial charge in [-0.3, -0.25) is 4.79 Å². The fourth-order valence-electron chi connectivity index (χ4n) is 3.69. The molecule has 31 heavy (non-hydrogen) atoms. The predicted octanol–water partition coefficient (Wildman–Crippen LogP) is 4.76. The largest absolute Gasteiger partial charge is 0.493 e. The normalized spacial score (nSPS) is 11.3. The molecule has 0 unspecified atom stereocenters. The van der Waals surface area contributed by atoms with Gasteiger partial charge >= 0.3 is 0 Å². The summed E-state index contributed by atoms with van der Waals surface area (Å²) in [5.74, 6) is 2.96. The van der Waals surface area contributed by atoms with Crippen LogP contribution in [0.4, 0.5) is 0 Å². The van der Waals surface area contributed by atoms with E-state index in [1.165, 1.54) is 0 Å². The van der Waals surface area contributed by atoms with Crippen molar-refractivity contribution < 1.29 is 14.3 Å². The molecule has 0 bridgehead atoms. The maximum atomic E-state index is 13.3. The Labute approximate surface area is 184 Å². The number of benzene rings is 2. The molecule has 0 saturated carbocycles. The van der Waals surface area contributed by atoms with Crippen LogP contribution in [0.5, 0.6) is 11.5 Å². The van der Waals surface area contributed by atoms with Crippen molar-refractivity contribution >= 4 is 16.9 Å². The van der Waals surface area contributed by atoms with Gasteiger partial charge in [0.2, 0.25) is 5.91 Å². The van der Waals surface area contributed by atoms with Crippen molar-refractivity contribution in [1.82, 2.24) is 14.5 Å². The first-order valence-corrected chi connectivity index (χ1v) is 10.9. The van der Waals surface area contributed by atoms with Crippen molar-refractivity contribution in [2.45, 2.75) is 40.8 Å². The number of nitrogens with zero attached hydrogens (tertiary/aromatic N) is 3. The lowest BCUT2D eigenvalue weighted by molar-refractivity contribution is -0.132. The lowest BCUT2D eigenvalue weighted by Gasteiger charge is -2.27. The first-order valence-electron chi connectivity index (χ1n) is 10.9. The Balaban J connectivity index is 1.87. The van der Waals surface area contributed by atoms with Crippen molar-refractivity contribution in [3.63, 3.8) is 0 Å². The highest BCUT2D eigenvalue weighted by atomic mass is 16.5. The third kappa shape index (κ3) is 5.78. The van der Waals surface area contributed by atoms with E-state index in [1.807, 2.05) is 58.0 Å². The van der Waals surface area contributed by atoms with Crippen molar-refractivity contribution in [1.29, 1.82) is 0 Å². The molecule has 0 atom stereocenters. The van der Waals surface area contributed by atoms with Crippen LogP contribution in [0, 0.1) is 11.8 Å². The van der Waals surface area contributed by atoms with Crippen molar-refractivity contribution in [3.8, 4) is 11.5 Å². The Kier molecular flexibility index (Phi) is 7.55. The number of rotatable bonds is 10. The number of hydrogen-bond donors (Lipinski definition) is 0. The Morgan fingerprint density at radius 3 is 2.23 bits per heavy atom. The zero-order valence-corrected chi connectivity index (χ0v) is 19.2. The SMILES string of the molecule is COc1ccccc1OCc1nc2ccccc2n1CC(=O)N(CC(C)C)CC(C)C. The second-order valence-electron chi connectivity index (χ2n) is 8.63. The highest BCUT2D eigenvalue weighted by Gasteiger charge is 2.20. The number of fused-ring (bicyclic) bond motifs is 1. The number of para-hydroxylation sites is 4. The minimum atomic E-state index is 0.101. The van der Waals surface area contributed by atoms with Gasteiger partial charge in [-0.05, 0) is 36.1 Å². The molecule has 0 aliphatic heterocycles. The van der Waals surface area contributed by atoms with Gasteiger partial charge in [-0.15, -0.1) is 0 Å². The molecule has 3 rings (SSSR count). The number of methoxy groups -OCH3 is 1. The number of carbonyl (C=O) groups excluding carboxylic acids is 1. The minimum absolute atomic E-state index is 0.101. The van der Waals surface area contributed by atoms with Crippen LogP contribution in [0.1, 0.15) is 33.5 Å². The molecule has 0 spiro atoms. The van der Waals surface area contributed by atoms with Gasteiger partial charge < -0.3 is 18.9 Å². The summed E-state index contributed by atoms with van der Waals surface area (Å²) in [5.41, 5.74) is 1.79.